The van der Waals surface area contributed by atoms with Crippen molar-refractivity contribution in [3.05, 3.63) is 62.8 Å². The van der Waals surface area contributed by atoms with Gasteiger partial charge in [-0.1, -0.05) is 23.7 Å². The monoisotopic (exact) mass is 337 g/mol. The van der Waals surface area contributed by atoms with E-state index in [4.69, 9.17) is 11.6 Å². The topological polar surface area (TPSA) is 33.1 Å². The van der Waals surface area contributed by atoms with Gasteiger partial charge in [0.05, 0.1) is 11.1 Å². The molecule has 0 bridgehead atoms. The molecule has 0 radical (unpaired) electrons. The van der Waals surface area contributed by atoms with Crippen LogP contribution in [0, 0.1) is 0 Å². The van der Waals surface area contributed by atoms with Gasteiger partial charge in [-0.3, -0.25) is 4.98 Å². The summed E-state index contributed by atoms with van der Waals surface area (Å²) in [7, 11) is 0. The third-order valence-corrected chi connectivity index (χ3v) is 4.90. The molecule has 1 aromatic carbocycles. The minimum absolute atomic E-state index is 0.0634. The molecule has 1 aromatic heterocycles. The van der Waals surface area contributed by atoms with Gasteiger partial charge in [0.25, 0.3) is 0 Å². The van der Waals surface area contributed by atoms with Crippen LogP contribution in [-0.4, -0.2) is 10.1 Å². The van der Waals surface area contributed by atoms with Crippen LogP contribution < -0.4 is 0 Å². The van der Waals surface area contributed by atoms with E-state index in [1.165, 1.54) is 5.56 Å². The summed E-state index contributed by atoms with van der Waals surface area (Å²) in [5.74, 6) is 0.0634. The maximum absolute atomic E-state index is 10.6. The van der Waals surface area contributed by atoms with Crippen LogP contribution >= 0.6 is 27.5 Å². The lowest BCUT2D eigenvalue weighted by Crippen LogP contribution is -2.09. The predicted octanol–water partition coefficient (Wildman–Crippen LogP) is 4.26. The third kappa shape index (κ3) is 2.42. The number of rotatable bonds is 2. The third-order valence-electron chi connectivity index (χ3n) is 3.67. The lowest BCUT2D eigenvalue weighted by Gasteiger charge is -2.19. The second-order valence-electron chi connectivity index (χ2n) is 4.81. The van der Waals surface area contributed by atoms with Crippen LogP contribution in [0.1, 0.15) is 35.3 Å². The summed E-state index contributed by atoms with van der Waals surface area (Å²) in [6.07, 6.45) is 3.15. The summed E-state index contributed by atoms with van der Waals surface area (Å²) in [4.78, 5) is 4.43. The number of aliphatic hydroxyl groups is 1. The van der Waals surface area contributed by atoms with E-state index in [1.54, 1.807) is 6.20 Å². The van der Waals surface area contributed by atoms with Gasteiger partial charge in [-0.15, -0.1) is 0 Å². The van der Waals surface area contributed by atoms with Gasteiger partial charge in [0.2, 0.25) is 0 Å². The first kappa shape index (κ1) is 13.1. The Morgan fingerprint density at radius 3 is 3.00 bits per heavy atom. The van der Waals surface area contributed by atoms with Crippen LogP contribution in [0.15, 0.2) is 41.0 Å². The standard InChI is InChI=1S/C15H13BrClNO/c16-12-6-4-10(8-13(12)17)15(19)11-5-3-9-2-1-7-18-14(9)11/h1-2,4,6-8,11,15,19H,3,5H2. The smallest absolute Gasteiger partial charge is 0.0874 e. The largest absolute Gasteiger partial charge is 0.388 e. The van der Waals surface area contributed by atoms with Crippen LogP contribution in [0.2, 0.25) is 5.02 Å². The number of aliphatic hydroxyl groups excluding tert-OH is 1. The van der Waals surface area contributed by atoms with Gasteiger partial charge < -0.3 is 5.11 Å². The van der Waals surface area contributed by atoms with Gasteiger partial charge in [0.15, 0.2) is 0 Å². The maximum Gasteiger partial charge on any atom is 0.0874 e. The first-order valence-corrected chi connectivity index (χ1v) is 7.40. The maximum atomic E-state index is 10.6. The van der Waals surface area contributed by atoms with Crippen molar-refractivity contribution >= 4 is 27.5 Å². The molecule has 2 atom stereocenters. The fourth-order valence-corrected chi connectivity index (χ4v) is 3.12. The molecule has 0 fully saturated rings. The molecule has 19 heavy (non-hydrogen) atoms. The van der Waals surface area contributed by atoms with E-state index in [2.05, 4.69) is 27.0 Å². The fraction of sp³-hybridized carbons (Fsp3) is 0.267. The van der Waals surface area contributed by atoms with Gasteiger partial charge in [0.1, 0.15) is 0 Å². The minimum Gasteiger partial charge on any atom is -0.388 e. The van der Waals surface area contributed by atoms with Crippen LogP contribution in [0.25, 0.3) is 0 Å². The number of hydrogen-bond acceptors (Lipinski definition) is 2. The molecule has 1 heterocycles. The second-order valence-corrected chi connectivity index (χ2v) is 6.07. The van der Waals surface area contributed by atoms with Gasteiger partial charge in [-0.25, -0.2) is 0 Å². The number of halogens is 2. The summed E-state index contributed by atoms with van der Waals surface area (Å²) >= 11 is 9.45. The Kier molecular flexibility index (Phi) is 3.61. The zero-order chi connectivity index (χ0) is 13.4. The Balaban J connectivity index is 1.93. The van der Waals surface area contributed by atoms with Crippen molar-refractivity contribution in [2.45, 2.75) is 24.9 Å². The van der Waals surface area contributed by atoms with Gasteiger partial charge in [-0.2, -0.15) is 0 Å². The summed E-state index contributed by atoms with van der Waals surface area (Å²) in [6, 6.07) is 9.63. The molecule has 0 aliphatic heterocycles. The van der Waals surface area contributed by atoms with Crippen molar-refractivity contribution in [1.29, 1.82) is 0 Å². The highest BCUT2D eigenvalue weighted by Crippen LogP contribution is 2.41. The zero-order valence-corrected chi connectivity index (χ0v) is 12.5. The average Bonchev–Trinajstić information content (AvgIpc) is 2.85. The summed E-state index contributed by atoms with van der Waals surface area (Å²) in [6.45, 7) is 0. The Labute approximate surface area is 125 Å². The predicted molar refractivity (Wildman–Crippen MR) is 79.4 cm³/mol. The summed E-state index contributed by atoms with van der Waals surface area (Å²) in [5, 5.41) is 11.2. The molecular weight excluding hydrogens is 326 g/mol. The Morgan fingerprint density at radius 2 is 2.21 bits per heavy atom. The Bertz CT molecular complexity index is 617. The zero-order valence-electron chi connectivity index (χ0n) is 10.2. The van der Waals surface area contributed by atoms with Crippen molar-refractivity contribution in [2.75, 3.05) is 0 Å². The first-order chi connectivity index (χ1) is 9.16. The normalized spacial score (nSPS) is 19.2. The quantitative estimate of drug-likeness (QED) is 0.887. The molecule has 0 amide bonds. The van der Waals surface area contributed by atoms with Crippen LogP contribution in [0.3, 0.4) is 0 Å². The van der Waals surface area contributed by atoms with Crippen molar-refractivity contribution in [3.63, 3.8) is 0 Å². The molecule has 98 valence electrons. The molecule has 0 spiro atoms. The van der Waals surface area contributed by atoms with Crippen molar-refractivity contribution in [1.82, 2.24) is 4.98 Å². The van der Waals surface area contributed by atoms with Crippen LogP contribution in [0.5, 0.6) is 0 Å². The summed E-state index contributed by atoms with van der Waals surface area (Å²) < 4.78 is 0.843. The summed E-state index contributed by atoms with van der Waals surface area (Å²) in [5.41, 5.74) is 3.11. The van der Waals surface area contributed by atoms with Crippen molar-refractivity contribution in [3.8, 4) is 0 Å². The highest BCUT2D eigenvalue weighted by Gasteiger charge is 2.30. The van der Waals surface area contributed by atoms with E-state index in [1.807, 2.05) is 24.3 Å². The molecule has 2 aromatic rings. The molecular formula is C15H13BrClNO. The van der Waals surface area contributed by atoms with Crippen molar-refractivity contribution in [2.24, 2.45) is 0 Å². The van der Waals surface area contributed by atoms with Crippen LogP contribution in [0.4, 0.5) is 0 Å². The average molecular weight is 339 g/mol. The lowest BCUT2D eigenvalue weighted by atomic mass is 9.93. The highest BCUT2D eigenvalue weighted by atomic mass is 79.9. The first-order valence-electron chi connectivity index (χ1n) is 6.23. The van der Waals surface area contributed by atoms with Gasteiger partial charge in [0, 0.05) is 22.3 Å². The molecule has 1 N–H and O–H groups in total. The molecule has 2 nitrogen and oxygen atoms in total. The number of nitrogens with zero attached hydrogens (tertiary/aromatic N) is 1. The molecule has 3 rings (SSSR count). The Morgan fingerprint density at radius 1 is 1.37 bits per heavy atom. The molecule has 4 heteroatoms. The minimum atomic E-state index is -0.554. The van der Waals surface area contributed by atoms with E-state index in [9.17, 15) is 5.11 Å². The fourth-order valence-electron chi connectivity index (χ4n) is 2.68. The molecule has 0 saturated carbocycles. The molecule has 0 saturated heterocycles. The van der Waals surface area contributed by atoms with E-state index >= 15 is 0 Å². The van der Waals surface area contributed by atoms with E-state index in [-0.39, 0.29) is 5.92 Å². The lowest BCUT2D eigenvalue weighted by molar-refractivity contribution is 0.143. The molecule has 2 unspecified atom stereocenters. The van der Waals surface area contributed by atoms with Crippen LogP contribution in [-0.2, 0) is 6.42 Å². The second kappa shape index (κ2) is 5.23. The molecule has 1 aliphatic rings. The molecule has 1 aliphatic carbocycles. The van der Waals surface area contributed by atoms with Gasteiger partial charge in [-0.05, 0) is 58.1 Å². The van der Waals surface area contributed by atoms with E-state index in [0.29, 0.717) is 5.02 Å². The van der Waals surface area contributed by atoms with E-state index < -0.39 is 6.10 Å². The SMILES string of the molecule is OC(c1ccc(Br)c(Cl)c1)C1CCc2cccnc21. The Hall–Kier alpha value is -0.900. The number of aryl methyl sites for hydroxylation is 1. The van der Waals surface area contributed by atoms with Crippen molar-refractivity contribution < 1.29 is 5.11 Å². The number of benzene rings is 1. The van der Waals surface area contributed by atoms with Gasteiger partial charge >= 0.3 is 0 Å². The number of pyridine rings is 1. The van der Waals surface area contributed by atoms with E-state index in [0.717, 1.165) is 28.6 Å². The number of hydrogen-bond donors (Lipinski definition) is 1. The highest BCUT2D eigenvalue weighted by molar-refractivity contribution is 9.10. The number of aromatic nitrogens is 1. The number of fused-ring (bicyclic) bond motifs is 1.